The molecule has 1 aromatic rings. The maximum absolute atomic E-state index is 4.87. The maximum Gasteiger partial charge on any atom is 0.133 e. The first kappa shape index (κ1) is 15.3. The van der Waals surface area contributed by atoms with Crippen LogP contribution < -0.4 is 10.2 Å². The summed E-state index contributed by atoms with van der Waals surface area (Å²) in [4.78, 5) is 7.39. The summed E-state index contributed by atoms with van der Waals surface area (Å²) in [6.07, 6.45) is 5.11. The van der Waals surface area contributed by atoms with Crippen LogP contribution >= 0.6 is 0 Å². The average Bonchev–Trinajstić information content (AvgIpc) is 2.41. The number of nitrogens with zero attached hydrogens (tertiary/aromatic N) is 2. The van der Waals surface area contributed by atoms with Gasteiger partial charge in [-0.15, -0.1) is 0 Å². The van der Waals surface area contributed by atoms with Crippen molar-refractivity contribution in [1.29, 1.82) is 0 Å². The van der Waals surface area contributed by atoms with Gasteiger partial charge in [0.2, 0.25) is 0 Å². The summed E-state index contributed by atoms with van der Waals surface area (Å²) >= 11 is 0. The monoisotopic (exact) mass is 275 g/mol. The van der Waals surface area contributed by atoms with Crippen LogP contribution in [0.5, 0.6) is 0 Å². The fraction of sp³-hybridized carbons (Fsp3) is 0.706. The molecule has 3 heteroatoms. The number of rotatable bonds is 5. The molecule has 1 saturated heterocycles. The van der Waals surface area contributed by atoms with Crippen LogP contribution in [0.3, 0.4) is 0 Å². The Hall–Kier alpha value is -1.09. The summed E-state index contributed by atoms with van der Waals surface area (Å²) in [6.45, 7) is 12.0. The number of pyridine rings is 1. The number of hydrogen-bond acceptors (Lipinski definition) is 3. The highest BCUT2D eigenvalue weighted by Gasteiger charge is 2.23. The van der Waals surface area contributed by atoms with E-state index < -0.39 is 0 Å². The van der Waals surface area contributed by atoms with E-state index in [4.69, 9.17) is 4.98 Å². The van der Waals surface area contributed by atoms with Crippen molar-refractivity contribution >= 4 is 5.82 Å². The smallest absolute Gasteiger partial charge is 0.133 e. The van der Waals surface area contributed by atoms with Gasteiger partial charge in [0.05, 0.1) is 0 Å². The van der Waals surface area contributed by atoms with E-state index in [2.05, 4.69) is 44.0 Å². The number of aryl methyl sites for hydroxylation is 2. The Morgan fingerprint density at radius 2 is 2.15 bits per heavy atom. The van der Waals surface area contributed by atoms with Gasteiger partial charge < -0.3 is 10.2 Å². The van der Waals surface area contributed by atoms with Gasteiger partial charge in [-0.3, -0.25) is 0 Å². The molecule has 2 heterocycles. The summed E-state index contributed by atoms with van der Waals surface area (Å²) in [5, 5.41) is 3.54. The van der Waals surface area contributed by atoms with Crippen LogP contribution in [0.4, 0.5) is 5.82 Å². The number of hydrogen-bond donors (Lipinski definition) is 1. The van der Waals surface area contributed by atoms with Crippen LogP contribution in [0, 0.1) is 13.8 Å². The van der Waals surface area contributed by atoms with Gasteiger partial charge in [0, 0.05) is 30.4 Å². The zero-order valence-electron chi connectivity index (χ0n) is 13.5. The van der Waals surface area contributed by atoms with Crippen molar-refractivity contribution in [3.63, 3.8) is 0 Å². The van der Waals surface area contributed by atoms with Crippen LogP contribution in [0.2, 0.25) is 0 Å². The first-order valence-corrected chi connectivity index (χ1v) is 8.08. The lowest BCUT2D eigenvalue weighted by molar-refractivity contribution is 0.478. The Balaban J connectivity index is 2.28. The minimum atomic E-state index is 0.613. The standard InChI is InChI=1S/C17H29N3/c1-5-9-18-12-16-13(2)11-14(3)19-17(16)20-10-7-6-8-15(20)4/h11,15,18H,5-10,12H2,1-4H3. The largest absolute Gasteiger partial charge is 0.354 e. The molecule has 0 saturated carbocycles. The fourth-order valence-electron chi connectivity index (χ4n) is 3.10. The topological polar surface area (TPSA) is 28.2 Å². The molecule has 1 aliphatic heterocycles. The van der Waals surface area contributed by atoms with Crippen LogP contribution in [-0.2, 0) is 6.54 Å². The van der Waals surface area contributed by atoms with E-state index in [1.165, 1.54) is 42.6 Å². The van der Waals surface area contributed by atoms with Gasteiger partial charge >= 0.3 is 0 Å². The summed E-state index contributed by atoms with van der Waals surface area (Å²) in [5.41, 5.74) is 3.89. The van der Waals surface area contributed by atoms with Gasteiger partial charge in [-0.2, -0.15) is 0 Å². The van der Waals surface area contributed by atoms with Crippen molar-refractivity contribution in [3.8, 4) is 0 Å². The van der Waals surface area contributed by atoms with E-state index in [1.54, 1.807) is 0 Å². The maximum atomic E-state index is 4.87. The van der Waals surface area contributed by atoms with Gasteiger partial charge in [-0.05, 0) is 64.6 Å². The van der Waals surface area contributed by atoms with Crippen molar-refractivity contribution in [2.75, 3.05) is 18.0 Å². The Bertz CT molecular complexity index is 442. The van der Waals surface area contributed by atoms with Crippen molar-refractivity contribution < 1.29 is 0 Å². The molecule has 1 N–H and O–H groups in total. The molecule has 0 aliphatic carbocycles. The normalized spacial score (nSPS) is 19.4. The molecular formula is C17H29N3. The third-order valence-corrected chi connectivity index (χ3v) is 4.26. The second kappa shape index (κ2) is 7.07. The van der Waals surface area contributed by atoms with Crippen molar-refractivity contribution in [2.24, 2.45) is 0 Å². The predicted octanol–water partition coefficient (Wildman–Crippen LogP) is 3.58. The third-order valence-electron chi connectivity index (χ3n) is 4.26. The molecule has 0 spiro atoms. The lowest BCUT2D eigenvalue weighted by Crippen LogP contribution is -2.39. The summed E-state index contributed by atoms with van der Waals surface area (Å²) in [5.74, 6) is 1.22. The zero-order chi connectivity index (χ0) is 14.5. The molecular weight excluding hydrogens is 246 g/mol. The lowest BCUT2D eigenvalue weighted by Gasteiger charge is -2.36. The molecule has 1 aliphatic rings. The lowest BCUT2D eigenvalue weighted by atomic mass is 10.0. The summed E-state index contributed by atoms with van der Waals surface area (Å²) in [6, 6.07) is 2.82. The van der Waals surface area contributed by atoms with Gasteiger partial charge in [0.15, 0.2) is 0 Å². The van der Waals surface area contributed by atoms with Gasteiger partial charge in [-0.25, -0.2) is 4.98 Å². The van der Waals surface area contributed by atoms with E-state index in [0.717, 1.165) is 25.3 Å². The van der Waals surface area contributed by atoms with Gasteiger partial charge in [-0.1, -0.05) is 6.92 Å². The van der Waals surface area contributed by atoms with E-state index >= 15 is 0 Å². The van der Waals surface area contributed by atoms with E-state index in [0.29, 0.717) is 6.04 Å². The fourth-order valence-corrected chi connectivity index (χ4v) is 3.10. The van der Waals surface area contributed by atoms with Crippen LogP contribution in [0.25, 0.3) is 0 Å². The minimum absolute atomic E-state index is 0.613. The molecule has 1 atom stereocenters. The van der Waals surface area contributed by atoms with Crippen LogP contribution in [-0.4, -0.2) is 24.1 Å². The quantitative estimate of drug-likeness (QED) is 0.833. The van der Waals surface area contributed by atoms with E-state index in [-0.39, 0.29) is 0 Å². The van der Waals surface area contributed by atoms with E-state index in [1.807, 2.05) is 0 Å². The molecule has 2 rings (SSSR count). The predicted molar refractivity (Wildman–Crippen MR) is 86.4 cm³/mol. The molecule has 112 valence electrons. The highest BCUT2D eigenvalue weighted by atomic mass is 15.2. The molecule has 0 bridgehead atoms. The minimum Gasteiger partial charge on any atom is -0.354 e. The molecule has 0 amide bonds. The third kappa shape index (κ3) is 3.51. The molecule has 20 heavy (non-hydrogen) atoms. The van der Waals surface area contributed by atoms with Crippen molar-refractivity contribution in [2.45, 2.75) is 66.0 Å². The Morgan fingerprint density at radius 3 is 2.85 bits per heavy atom. The SMILES string of the molecule is CCCNCc1c(C)cc(C)nc1N1CCCCC1C. The molecule has 0 aromatic carbocycles. The number of aromatic nitrogens is 1. The second-order valence-electron chi connectivity index (χ2n) is 6.10. The number of piperidine rings is 1. The average molecular weight is 275 g/mol. The van der Waals surface area contributed by atoms with Crippen LogP contribution in [0.15, 0.2) is 6.07 Å². The molecule has 0 radical (unpaired) electrons. The Morgan fingerprint density at radius 1 is 1.35 bits per heavy atom. The van der Waals surface area contributed by atoms with E-state index in [9.17, 15) is 0 Å². The van der Waals surface area contributed by atoms with Crippen molar-refractivity contribution in [1.82, 2.24) is 10.3 Å². The van der Waals surface area contributed by atoms with Crippen LogP contribution in [0.1, 0.15) is 56.4 Å². The first-order valence-electron chi connectivity index (χ1n) is 8.08. The molecule has 1 aromatic heterocycles. The van der Waals surface area contributed by atoms with Gasteiger partial charge in [0.1, 0.15) is 5.82 Å². The summed E-state index contributed by atoms with van der Waals surface area (Å²) in [7, 11) is 0. The number of anilines is 1. The molecule has 1 fully saturated rings. The zero-order valence-corrected chi connectivity index (χ0v) is 13.5. The number of nitrogens with one attached hydrogen (secondary N) is 1. The molecule has 1 unspecified atom stereocenters. The second-order valence-corrected chi connectivity index (χ2v) is 6.10. The first-order chi connectivity index (χ1) is 9.63. The Labute approximate surface area is 123 Å². The van der Waals surface area contributed by atoms with Gasteiger partial charge in [0.25, 0.3) is 0 Å². The molecule has 3 nitrogen and oxygen atoms in total. The highest BCUT2D eigenvalue weighted by Crippen LogP contribution is 2.28. The summed E-state index contributed by atoms with van der Waals surface area (Å²) < 4.78 is 0. The van der Waals surface area contributed by atoms with Crippen molar-refractivity contribution in [3.05, 3.63) is 22.9 Å². The highest BCUT2D eigenvalue weighted by molar-refractivity contribution is 5.52. The Kier molecular flexibility index (Phi) is 5.41.